The summed E-state index contributed by atoms with van der Waals surface area (Å²) in [5.41, 5.74) is 0.525. The predicted molar refractivity (Wildman–Crippen MR) is 101 cm³/mol. The van der Waals surface area contributed by atoms with Gasteiger partial charge in [0.05, 0.1) is 11.8 Å². The second-order valence-corrected chi connectivity index (χ2v) is 7.22. The molecule has 0 spiro atoms. The molecule has 1 saturated carbocycles. The number of amides is 2. The minimum Gasteiger partial charge on any atom is -0.455 e. The molecule has 0 bridgehead atoms. The topological polar surface area (TPSA) is 62.7 Å². The Kier molecular flexibility index (Phi) is 4.79. The van der Waals surface area contributed by atoms with Crippen molar-refractivity contribution < 1.29 is 14.3 Å². The Hall–Kier alpha value is -2.89. The molecule has 2 aromatic rings. The Morgan fingerprint density at radius 3 is 2.41 bits per heavy atom. The van der Waals surface area contributed by atoms with Gasteiger partial charge in [-0.05, 0) is 36.6 Å². The Morgan fingerprint density at radius 1 is 1.04 bits per heavy atom. The second kappa shape index (κ2) is 7.39. The van der Waals surface area contributed by atoms with E-state index in [1.165, 1.54) is 0 Å². The molecule has 27 heavy (non-hydrogen) atoms. The number of piperazine rings is 1. The van der Waals surface area contributed by atoms with Crippen molar-refractivity contribution in [1.29, 1.82) is 0 Å². The van der Waals surface area contributed by atoms with Crippen LogP contribution in [0.4, 0.5) is 0 Å². The Labute approximate surface area is 158 Å². The summed E-state index contributed by atoms with van der Waals surface area (Å²) < 4.78 is 5.86. The number of carbonyl (C=O) groups is 2. The summed E-state index contributed by atoms with van der Waals surface area (Å²) in [6.45, 7) is 4.40. The van der Waals surface area contributed by atoms with Crippen molar-refractivity contribution in [3.05, 3.63) is 54.4 Å². The Bertz CT molecular complexity index is 832. The minimum absolute atomic E-state index is 0.0682. The van der Waals surface area contributed by atoms with Gasteiger partial charge in [-0.15, -0.1) is 0 Å². The molecule has 2 atom stereocenters. The van der Waals surface area contributed by atoms with Crippen LogP contribution in [0.3, 0.4) is 0 Å². The zero-order valence-electron chi connectivity index (χ0n) is 15.4. The molecule has 2 unspecified atom stereocenters. The fourth-order valence-electron chi connectivity index (χ4n) is 3.47. The number of aromatic nitrogens is 1. The van der Waals surface area contributed by atoms with Crippen LogP contribution in [0.25, 0.3) is 0 Å². The number of hydrogen-bond acceptors (Lipinski definition) is 4. The van der Waals surface area contributed by atoms with Crippen LogP contribution in [0.2, 0.25) is 0 Å². The maximum absolute atomic E-state index is 13.0. The number of hydrogen-bond donors (Lipinski definition) is 0. The van der Waals surface area contributed by atoms with E-state index in [1.807, 2.05) is 17.0 Å². The van der Waals surface area contributed by atoms with Gasteiger partial charge in [-0.1, -0.05) is 19.1 Å². The average Bonchev–Trinajstić information content (AvgIpc) is 3.45. The van der Waals surface area contributed by atoms with Crippen LogP contribution in [0.5, 0.6) is 11.5 Å². The molecular weight excluding hydrogens is 342 g/mol. The van der Waals surface area contributed by atoms with Gasteiger partial charge >= 0.3 is 0 Å². The third-order valence-electron chi connectivity index (χ3n) is 5.28. The highest BCUT2D eigenvalue weighted by molar-refractivity contribution is 5.97. The lowest BCUT2D eigenvalue weighted by Gasteiger charge is -2.35. The van der Waals surface area contributed by atoms with Crippen LogP contribution >= 0.6 is 0 Å². The number of carbonyl (C=O) groups excluding carboxylic acids is 2. The highest BCUT2D eigenvalue weighted by Gasteiger charge is 2.42. The van der Waals surface area contributed by atoms with E-state index in [0.29, 0.717) is 49.2 Å². The lowest BCUT2D eigenvalue weighted by molar-refractivity contribution is -0.134. The van der Waals surface area contributed by atoms with Crippen molar-refractivity contribution in [3.8, 4) is 11.5 Å². The molecule has 6 nitrogen and oxygen atoms in total. The fourth-order valence-corrected chi connectivity index (χ4v) is 3.47. The standard InChI is InChI=1S/C21H23N3O3/c1-15-13-18(15)21(26)24-11-9-23(10-12-24)20(25)17-6-2-3-7-19(17)27-16-5-4-8-22-14-16/h2-8,14-15,18H,9-13H2,1H3. The summed E-state index contributed by atoms with van der Waals surface area (Å²) >= 11 is 0. The molecule has 1 aromatic heterocycles. The van der Waals surface area contributed by atoms with E-state index in [2.05, 4.69) is 11.9 Å². The van der Waals surface area contributed by atoms with Crippen molar-refractivity contribution in [2.24, 2.45) is 11.8 Å². The van der Waals surface area contributed by atoms with Crippen LogP contribution in [-0.2, 0) is 4.79 Å². The molecule has 1 saturated heterocycles. The van der Waals surface area contributed by atoms with Crippen molar-refractivity contribution >= 4 is 11.8 Å². The van der Waals surface area contributed by atoms with Crippen molar-refractivity contribution in [1.82, 2.24) is 14.8 Å². The molecule has 140 valence electrons. The molecule has 4 rings (SSSR count). The quantitative estimate of drug-likeness (QED) is 0.836. The monoisotopic (exact) mass is 365 g/mol. The first-order valence-corrected chi connectivity index (χ1v) is 9.38. The molecular formula is C21H23N3O3. The molecule has 1 aliphatic carbocycles. The first kappa shape index (κ1) is 17.5. The molecule has 2 heterocycles. The fraction of sp³-hybridized carbons (Fsp3) is 0.381. The third-order valence-corrected chi connectivity index (χ3v) is 5.28. The van der Waals surface area contributed by atoms with Gasteiger partial charge in [-0.3, -0.25) is 14.6 Å². The highest BCUT2D eigenvalue weighted by Crippen LogP contribution is 2.39. The van der Waals surface area contributed by atoms with Gasteiger partial charge in [-0.25, -0.2) is 0 Å². The summed E-state index contributed by atoms with van der Waals surface area (Å²) in [6, 6.07) is 10.8. The SMILES string of the molecule is CC1CC1C(=O)N1CCN(C(=O)c2ccccc2Oc2cccnc2)CC1. The lowest BCUT2D eigenvalue weighted by Crippen LogP contribution is -2.51. The first-order chi connectivity index (χ1) is 13.1. The Balaban J connectivity index is 1.42. The maximum atomic E-state index is 13.0. The maximum Gasteiger partial charge on any atom is 0.257 e. The number of rotatable bonds is 4. The summed E-state index contributed by atoms with van der Waals surface area (Å²) in [6.07, 6.45) is 4.29. The van der Waals surface area contributed by atoms with E-state index in [-0.39, 0.29) is 17.7 Å². The summed E-state index contributed by atoms with van der Waals surface area (Å²) in [5, 5.41) is 0. The molecule has 6 heteroatoms. The van der Waals surface area contributed by atoms with E-state index in [9.17, 15) is 9.59 Å². The molecule has 2 aliphatic rings. The van der Waals surface area contributed by atoms with E-state index in [4.69, 9.17) is 4.74 Å². The number of ether oxygens (including phenoxy) is 1. The van der Waals surface area contributed by atoms with Crippen LogP contribution in [0.1, 0.15) is 23.7 Å². The van der Waals surface area contributed by atoms with E-state index < -0.39 is 0 Å². The zero-order chi connectivity index (χ0) is 18.8. The van der Waals surface area contributed by atoms with E-state index >= 15 is 0 Å². The zero-order valence-corrected chi connectivity index (χ0v) is 15.4. The van der Waals surface area contributed by atoms with Gasteiger partial charge in [0, 0.05) is 38.3 Å². The smallest absolute Gasteiger partial charge is 0.257 e. The van der Waals surface area contributed by atoms with Gasteiger partial charge < -0.3 is 14.5 Å². The normalized spacial score (nSPS) is 21.7. The van der Waals surface area contributed by atoms with Crippen molar-refractivity contribution in [3.63, 3.8) is 0 Å². The summed E-state index contributed by atoms with van der Waals surface area (Å²) in [7, 11) is 0. The molecule has 0 N–H and O–H groups in total. The van der Waals surface area contributed by atoms with Crippen molar-refractivity contribution in [2.45, 2.75) is 13.3 Å². The predicted octanol–water partition coefficient (Wildman–Crippen LogP) is 2.81. The largest absolute Gasteiger partial charge is 0.455 e. The Morgan fingerprint density at radius 2 is 1.74 bits per heavy atom. The van der Waals surface area contributed by atoms with Crippen LogP contribution in [0, 0.1) is 11.8 Å². The first-order valence-electron chi connectivity index (χ1n) is 9.38. The molecule has 2 amide bonds. The number of para-hydroxylation sites is 1. The number of pyridine rings is 1. The van der Waals surface area contributed by atoms with Crippen LogP contribution in [-0.4, -0.2) is 52.8 Å². The highest BCUT2D eigenvalue weighted by atomic mass is 16.5. The molecule has 0 radical (unpaired) electrons. The minimum atomic E-state index is -0.0682. The van der Waals surface area contributed by atoms with Crippen LogP contribution in [0.15, 0.2) is 48.8 Å². The number of benzene rings is 1. The van der Waals surface area contributed by atoms with E-state index in [1.54, 1.807) is 41.6 Å². The van der Waals surface area contributed by atoms with Crippen LogP contribution < -0.4 is 4.74 Å². The van der Waals surface area contributed by atoms with Gasteiger partial charge in [-0.2, -0.15) is 0 Å². The van der Waals surface area contributed by atoms with Gasteiger partial charge in [0.15, 0.2) is 0 Å². The number of nitrogens with zero attached hydrogens (tertiary/aromatic N) is 3. The molecule has 1 aromatic carbocycles. The van der Waals surface area contributed by atoms with Crippen molar-refractivity contribution in [2.75, 3.05) is 26.2 Å². The van der Waals surface area contributed by atoms with E-state index in [0.717, 1.165) is 6.42 Å². The molecule has 2 fully saturated rings. The summed E-state index contributed by atoms with van der Waals surface area (Å²) in [5.74, 6) is 1.98. The van der Waals surface area contributed by atoms with Gasteiger partial charge in [0.2, 0.25) is 5.91 Å². The van der Waals surface area contributed by atoms with Gasteiger partial charge in [0.25, 0.3) is 5.91 Å². The average molecular weight is 365 g/mol. The lowest BCUT2D eigenvalue weighted by atomic mass is 10.1. The molecule has 1 aliphatic heterocycles. The second-order valence-electron chi connectivity index (χ2n) is 7.22. The van der Waals surface area contributed by atoms with Gasteiger partial charge in [0.1, 0.15) is 11.5 Å². The summed E-state index contributed by atoms with van der Waals surface area (Å²) in [4.78, 5) is 33.1. The third kappa shape index (κ3) is 3.79.